The van der Waals surface area contributed by atoms with E-state index in [9.17, 15) is 0 Å². The van der Waals surface area contributed by atoms with Crippen molar-refractivity contribution in [2.24, 2.45) is 0 Å². The van der Waals surface area contributed by atoms with Gasteiger partial charge in [0.05, 0.1) is 6.54 Å². The number of anilines is 2. The van der Waals surface area contributed by atoms with Crippen molar-refractivity contribution in [1.82, 2.24) is 9.78 Å². The van der Waals surface area contributed by atoms with E-state index in [0.717, 1.165) is 18.1 Å². The second kappa shape index (κ2) is 6.87. The molecule has 0 saturated heterocycles. The fraction of sp³-hybridized carbons (Fsp3) is 0.0588. The van der Waals surface area contributed by atoms with Gasteiger partial charge < -0.3 is 10.6 Å². The molecule has 0 saturated carbocycles. The minimum atomic E-state index is 0.524. The van der Waals surface area contributed by atoms with Crippen LogP contribution in [0.5, 0.6) is 0 Å². The van der Waals surface area contributed by atoms with Crippen molar-refractivity contribution in [3.8, 4) is 0 Å². The number of hydrogen-bond donors (Lipinski definition) is 2. The molecule has 0 radical (unpaired) electrons. The molecule has 0 spiro atoms. The van der Waals surface area contributed by atoms with Gasteiger partial charge in [-0.15, -0.1) is 0 Å². The van der Waals surface area contributed by atoms with Crippen LogP contribution in [-0.4, -0.2) is 14.9 Å². The number of rotatable bonds is 4. The van der Waals surface area contributed by atoms with Gasteiger partial charge >= 0.3 is 0 Å². The number of aromatic nitrogens is 2. The van der Waals surface area contributed by atoms with Gasteiger partial charge in [0, 0.05) is 18.0 Å². The third kappa shape index (κ3) is 3.93. The maximum absolute atomic E-state index is 5.29. The first kappa shape index (κ1) is 14.3. The predicted octanol–water partition coefficient (Wildman–Crippen LogP) is 3.74. The molecular formula is C17H16N4S. The first-order chi connectivity index (χ1) is 10.8. The molecule has 0 aliphatic rings. The van der Waals surface area contributed by atoms with Crippen molar-refractivity contribution in [3.05, 3.63) is 78.5 Å². The van der Waals surface area contributed by atoms with Gasteiger partial charge in [0.15, 0.2) is 10.9 Å². The molecule has 0 unspecified atom stereocenters. The van der Waals surface area contributed by atoms with Crippen molar-refractivity contribution >= 4 is 28.8 Å². The summed E-state index contributed by atoms with van der Waals surface area (Å²) >= 11 is 5.29. The lowest BCUT2D eigenvalue weighted by molar-refractivity contribution is 0.690. The van der Waals surface area contributed by atoms with Gasteiger partial charge in [0.1, 0.15) is 0 Å². The van der Waals surface area contributed by atoms with Crippen molar-refractivity contribution < 1.29 is 0 Å². The van der Waals surface area contributed by atoms with Gasteiger partial charge in [0.25, 0.3) is 0 Å². The SMILES string of the molecule is S=C(Nc1ccccc1)Nc1ccn(Cc2ccccc2)n1. The summed E-state index contributed by atoms with van der Waals surface area (Å²) < 4.78 is 1.88. The second-order valence-corrected chi connectivity index (χ2v) is 5.24. The number of para-hydroxylation sites is 1. The predicted molar refractivity (Wildman–Crippen MR) is 94.1 cm³/mol. The van der Waals surface area contributed by atoms with Gasteiger partial charge in [-0.1, -0.05) is 48.5 Å². The highest BCUT2D eigenvalue weighted by molar-refractivity contribution is 7.80. The third-order valence-electron chi connectivity index (χ3n) is 3.10. The van der Waals surface area contributed by atoms with Gasteiger partial charge in [-0.05, 0) is 29.9 Å². The summed E-state index contributed by atoms with van der Waals surface area (Å²) in [5, 5.41) is 11.2. The van der Waals surface area contributed by atoms with Crippen LogP contribution < -0.4 is 10.6 Å². The summed E-state index contributed by atoms with van der Waals surface area (Å²) in [6, 6.07) is 21.9. The van der Waals surface area contributed by atoms with Crippen LogP contribution >= 0.6 is 12.2 Å². The van der Waals surface area contributed by atoms with E-state index in [4.69, 9.17) is 12.2 Å². The molecule has 22 heavy (non-hydrogen) atoms. The molecular weight excluding hydrogens is 292 g/mol. The van der Waals surface area contributed by atoms with Crippen molar-refractivity contribution in [1.29, 1.82) is 0 Å². The highest BCUT2D eigenvalue weighted by Gasteiger charge is 2.02. The molecule has 2 N–H and O–H groups in total. The summed E-state index contributed by atoms with van der Waals surface area (Å²) in [4.78, 5) is 0. The van der Waals surface area contributed by atoms with Crippen molar-refractivity contribution in [3.63, 3.8) is 0 Å². The first-order valence-corrected chi connectivity index (χ1v) is 7.41. The average Bonchev–Trinajstić information content (AvgIpc) is 2.96. The van der Waals surface area contributed by atoms with Crippen LogP contribution in [0.2, 0.25) is 0 Å². The fourth-order valence-electron chi connectivity index (χ4n) is 2.09. The van der Waals surface area contributed by atoms with Crippen LogP contribution in [0.3, 0.4) is 0 Å². The zero-order valence-electron chi connectivity index (χ0n) is 11.9. The smallest absolute Gasteiger partial charge is 0.176 e. The standard InChI is InChI=1S/C17H16N4S/c22-17(18-15-9-5-2-6-10-15)19-16-11-12-21(20-16)13-14-7-3-1-4-8-14/h1-12H,13H2,(H2,18,19,20,22). The molecule has 2 aromatic carbocycles. The monoisotopic (exact) mass is 308 g/mol. The molecule has 0 aliphatic heterocycles. The Hall–Kier alpha value is -2.66. The quantitative estimate of drug-likeness (QED) is 0.721. The molecule has 4 nitrogen and oxygen atoms in total. The first-order valence-electron chi connectivity index (χ1n) is 7.00. The highest BCUT2D eigenvalue weighted by atomic mass is 32.1. The van der Waals surface area contributed by atoms with Gasteiger partial charge in [-0.2, -0.15) is 5.10 Å². The van der Waals surface area contributed by atoms with Gasteiger partial charge in [0.2, 0.25) is 0 Å². The summed E-state index contributed by atoms with van der Waals surface area (Å²) in [5.41, 5.74) is 2.16. The molecule has 1 aromatic heterocycles. The minimum absolute atomic E-state index is 0.524. The number of hydrogen-bond acceptors (Lipinski definition) is 2. The van der Waals surface area contributed by atoms with Crippen LogP contribution in [0.15, 0.2) is 72.9 Å². The van der Waals surface area contributed by atoms with E-state index >= 15 is 0 Å². The lowest BCUT2D eigenvalue weighted by atomic mass is 10.2. The molecule has 0 bridgehead atoms. The Labute approximate surface area is 134 Å². The van der Waals surface area contributed by atoms with E-state index in [-0.39, 0.29) is 0 Å². The summed E-state index contributed by atoms with van der Waals surface area (Å²) in [6.45, 7) is 0.737. The van der Waals surface area contributed by atoms with Gasteiger partial charge in [-0.25, -0.2) is 0 Å². The minimum Gasteiger partial charge on any atom is -0.332 e. The molecule has 5 heteroatoms. The largest absolute Gasteiger partial charge is 0.332 e. The van der Waals surface area contributed by atoms with E-state index in [1.165, 1.54) is 5.56 Å². The molecule has 1 heterocycles. The van der Waals surface area contributed by atoms with E-state index in [0.29, 0.717) is 5.11 Å². The molecule has 3 aromatic rings. The van der Waals surface area contributed by atoms with Crippen molar-refractivity contribution in [2.75, 3.05) is 10.6 Å². The van der Waals surface area contributed by atoms with E-state index < -0.39 is 0 Å². The highest BCUT2D eigenvalue weighted by Crippen LogP contribution is 2.09. The fourth-order valence-corrected chi connectivity index (χ4v) is 2.31. The molecule has 110 valence electrons. The van der Waals surface area contributed by atoms with E-state index in [2.05, 4.69) is 27.9 Å². The maximum atomic E-state index is 5.29. The topological polar surface area (TPSA) is 41.9 Å². The lowest BCUT2D eigenvalue weighted by Crippen LogP contribution is -2.19. The zero-order chi connectivity index (χ0) is 15.2. The Balaban J connectivity index is 1.58. The Bertz CT molecular complexity index is 738. The van der Waals surface area contributed by atoms with Crippen LogP contribution in [0.1, 0.15) is 5.56 Å². The summed E-state index contributed by atoms with van der Waals surface area (Å²) in [7, 11) is 0. The molecule has 0 fully saturated rings. The Morgan fingerprint density at radius 3 is 2.32 bits per heavy atom. The lowest BCUT2D eigenvalue weighted by Gasteiger charge is -2.08. The Morgan fingerprint density at radius 2 is 1.59 bits per heavy atom. The molecule has 0 aliphatic carbocycles. The van der Waals surface area contributed by atoms with E-state index in [1.54, 1.807) is 0 Å². The van der Waals surface area contributed by atoms with Crippen LogP contribution in [0.25, 0.3) is 0 Å². The van der Waals surface area contributed by atoms with Crippen LogP contribution in [0, 0.1) is 0 Å². The average molecular weight is 308 g/mol. The Kier molecular flexibility index (Phi) is 4.46. The van der Waals surface area contributed by atoms with Gasteiger partial charge in [-0.3, -0.25) is 4.68 Å². The van der Waals surface area contributed by atoms with Crippen LogP contribution in [0.4, 0.5) is 11.5 Å². The molecule has 0 atom stereocenters. The van der Waals surface area contributed by atoms with Crippen LogP contribution in [-0.2, 0) is 6.54 Å². The summed E-state index contributed by atoms with van der Waals surface area (Å²) in [5.74, 6) is 0.726. The number of nitrogens with zero attached hydrogens (tertiary/aromatic N) is 2. The second-order valence-electron chi connectivity index (χ2n) is 4.83. The maximum Gasteiger partial charge on any atom is 0.176 e. The molecule has 0 amide bonds. The number of nitrogens with one attached hydrogen (secondary N) is 2. The van der Waals surface area contributed by atoms with E-state index in [1.807, 2.05) is 65.5 Å². The number of benzene rings is 2. The number of thiocarbonyl (C=S) groups is 1. The zero-order valence-corrected chi connectivity index (χ0v) is 12.8. The summed E-state index contributed by atoms with van der Waals surface area (Å²) in [6.07, 6.45) is 1.93. The molecule has 3 rings (SSSR count). The third-order valence-corrected chi connectivity index (χ3v) is 3.31. The Morgan fingerprint density at radius 1 is 0.909 bits per heavy atom. The van der Waals surface area contributed by atoms with Crippen molar-refractivity contribution in [2.45, 2.75) is 6.54 Å². The normalized spacial score (nSPS) is 10.2.